The summed E-state index contributed by atoms with van der Waals surface area (Å²) in [6.07, 6.45) is -5.33. The van der Waals surface area contributed by atoms with Gasteiger partial charge < -0.3 is 119 Å². The van der Waals surface area contributed by atoms with Crippen molar-refractivity contribution in [2.45, 2.75) is 241 Å². The molecule has 0 unspecified atom stereocenters. The Labute approximate surface area is 841 Å². The first kappa shape index (κ1) is 104. The number of esters is 3. The molecule has 0 atom stereocenters. The number of carbonyl (C=O) groups excluding carboxylic acids is 6. The molecule has 12 N–H and O–H groups in total. The van der Waals surface area contributed by atoms with Crippen LogP contribution in [0.2, 0.25) is 0 Å². The Balaban J connectivity index is 1.33. The molecule has 6 heterocycles. The highest BCUT2D eigenvalue weighted by Crippen LogP contribution is 2.75. The first-order chi connectivity index (χ1) is 65.8. The monoisotopic (exact) mass is 2140 g/mol. The molecule has 0 bridgehead atoms. The van der Waals surface area contributed by atoms with Crippen LogP contribution in [-0.4, -0.2) is 315 Å². The highest BCUT2D eigenvalue weighted by molar-refractivity contribution is 8.23. The zero-order valence-electron chi connectivity index (χ0n) is 81.5. The van der Waals surface area contributed by atoms with E-state index in [1.807, 2.05) is 83.1 Å². The first-order valence-electron chi connectivity index (χ1n) is 44.5. The number of ether oxygens (including phenoxy) is 12. The van der Waals surface area contributed by atoms with Crippen LogP contribution in [0.3, 0.4) is 0 Å². The van der Waals surface area contributed by atoms with Crippen LogP contribution < -0.4 is 16.0 Å². The lowest BCUT2D eigenvalue weighted by atomic mass is 9.83. The molecule has 751 valence electrons. The van der Waals surface area contributed by atoms with Gasteiger partial charge in [0, 0.05) is 58.7 Å². The van der Waals surface area contributed by atoms with E-state index >= 15 is 28.8 Å². The van der Waals surface area contributed by atoms with Crippen molar-refractivity contribution in [1.29, 1.82) is 0 Å². The van der Waals surface area contributed by atoms with Gasteiger partial charge in [-0.15, -0.1) is 141 Å². The quantitative estimate of drug-likeness (QED) is 0.0108. The van der Waals surface area contributed by atoms with Gasteiger partial charge in [0.2, 0.25) is 0 Å². The molecule has 0 saturated heterocycles. The third-order valence-corrected chi connectivity index (χ3v) is 35.9. The second-order valence-electron chi connectivity index (χ2n) is 33.6. The van der Waals surface area contributed by atoms with Gasteiger partial charge in [0.25, 0.3) is 17.7 Å². The fourth-order valence-corrected chi connectivity index (χ4v) is 31.3. The molecular weight excluding hydrogens is 2020 g/mol. The number of fused-ring (bicyclic) bond motifs is 6. The molecule has 0 fully saturated rings. The number of rotatable bonds is 60. The van der Waals surface area contributed by atoms with Crippen LogP contribution in [0.15, 0.2) is 58.7 Å². The largest absolute Gasteiger partial charge is 0.481 e. The number of hydrogen-bond donors (Lipinski definition) is 12. The SMILES string of the molecule is [2H]C([2H])(OC(=O)c1c2c(c([C](c3c4c(c(C(=O)OC([2H])([2H])C(=O)NC(COCCC(=O)O)(COCCC(=O)O)COCCC(=O)O)c5c3SC(C)(C)S5)SC(C)(C)S4)c3c4c(c(C(=O)OC([2H])([2H])C(=O)NC(COCCC(=O)O)(COCCC(=O)O)COCCC(=O)O)c5c3SC(C)(C)S5)SC(C)(C)S4)c3c1SC(C)(C)S3)SC(C)(C)S2)C(=O)NC(COCCC(=O)O)(COCCC(=O)O)COCCC(=O)O. The molecule has 136 heavy (non-hydrogen) atoms. The minimum atomic E-state index is -3.72. The highest BCUT2D eigenvalue weighted by Gasteiger charge is 2.55. The van der Waals surface area contributed by atoms with Crippen molar-refractivity contribution in [1.82, 2.24) is 16.0 Å². The van der Waals surface area contributed by atoms with Gasteiger partial charge >= 0.3 is 71.6 Å². The minimum absolute atomic E-state index is 0.162. The van der Waals surface area contributed by atoms with E-state index in [1.54, 1.807) is 0 Å². The van der Waals surface area contributed by atoms with E-state index in [-0.39, 0.29) is 46.1 Å². The number of amides is 3. The lowest BCUT2D eigenvalue weighted by Crippen LogP contribution is -2.59. The van der Waals surface area contributed by atoms with Crippen molar-refractivity contribution in [2.75, 3.05) is 139 Å². The average Bonchev–Trinajstić information content (AvgIpc) is 1.52. The zero-order chi connectivity index (χ0) is 106. The number of thioether (sulfide) groups is 12. The van der Waals surface area contributed by atoms with Crippen LogP contribution in [0.1, 0.15) is 197 Å². The fraction of sp³-hybridized carbons (Fsp3) is 0.600. The second-order valence-corrected chi connectivity index (χ2v) is 54.8. The normalized spacial score (nSPS) is 17.4. The zero-order valence-corrected chi connectivity index (χ0v) is 85.3. The number of carboxylic acid groups (broad SMARTS) is 9. The summed E-state index contributed by atoms with van der Waals surface area (Å²) in [4.78, 5) is 202. The molecule has 51 heteroatoms. The third kappa shape index (κ3) is 32.3. The van der Waals surface area contributed by atoms with Crippen LogP contribution in [-0.2, 0) is 114 Å². The standard InChI is InChI=1S/C85H108N3O36S12/c1-77(2)125-62-56(63-69(132-78(3,4)126-63)59(68(62)131-77)74(110)122-31-43(89)86-83(34-113-22-13-46(92)93,35-114-23-14-47(94)95)36-115-24-15-48(96)97)55(57-64-70(133-79(5,6)127-64)60(71-65(57)128-80(7,8)134-71)75(111)123-32-44(90)87-84(37-116-25-16-49(98)99,38-117-26-17-50(100)101)39-118-27-18-51(102)103)58-66-72(135-81(9,10)129-66)61(73-67(58)130-82(11,12)136-73)76(112)124-33-45(91)88-85(40-119-28-19-52(104)105,41-120-29-20-53(106)107)42-121-30-21-54(108)109/h13-42H2,1-12H3,(H,86,89)(H,87,90)(H,88,91)(H,92,93)(H,94,95)(H,96,97)(H,98,99)(H,100,101)(H,102,103)(H,104,105)(H,106,107)(H,108,109)/i31D2,32D2,33D2. The maximum absolute atomic E-state index is 16.2. The topological polar surface area (TPSA) is 585 Å². The summed E-state index contributed by atoms with van der Waals surface area (Å²) in [7, 11) is 0. The van der Waals surface area contributed by atoms with Crippen LogP contribution in [0.5, 0.6) is 0 Å². The fourth-order valence-electron chi connectivity index (χ4n) is 13.6. The summed E-state index contributed by atoms with van der Waals surface area (Å²) in [6, 6.07) is 0. The molecule has 0 aliphatic carbocycles. The Bertz CT molecular complexity index is 4570. The van der Waals surface area contributed by atoms with Crippen LogP contribution in [0, 0.1) is 5.92 Å². The molecular formula is C85H108N3O36S12. The molecule has 6 aliphatic heterocycles. The first-order valence-corrected chi connectivity index (χ1v) is 51.3. The molecule has 39 nitrogen and oxygen atoms in total. The average molecular weight is 2140 g/mol. The van der Waals surface area contributed by atoms with Crippen molar-refractivity contribution in [3.8, 4) is 0 Å². The molecule has 3 amide bonds. The van der Waals surface area contributed by atoms with Crippen molar-refractivity contribution < 1.29 is 183 Å². The number of nitrogens with one attached hydrogen (secondary N) is 3. The van der Waals surface area contributed by atoms with Gasteiger partial charge in [0.15, 0.2) is 19.7 Å². The van der Waals surface area contributed by atoms with E-state index in [1.165, 1.54) is 70.6 Å². The summed E-state index contributed by atoms with van der Waals surface area (Å²) >= 11 is 14.5. The Kier molecular flexibility index (Phi) is 37.4. The minimum Gasteiger partial charge on any atom is -0.481 e. The Morgan fingerprint density at radius 2 is 0.360 bits per heavy atom. The van der Waals surface area contributed by atoms with Gasteiger partial charge in [-0.1, -0.05) is 0 Å². The van der Waals surface area contributed by atoms with E-state index in [0.717, 1.165) is 70.6 Å². The molecule has 0 saturated carbocycles. The maximum Gasteiger partial charge on any atom is 0.341 e. The summed E-state index contributed by atoms with van der Waals surface area (Å²) < 4.78 is 119. The lowest BCUT2D eigenvalue weighted by Gasteiger charge is -2.34. The smallest absolute Gasteiger partial charge is 0.341 e. The summed E-state index contributed by atoms with van der Waals surface area (Å²) in [5, 5.41) is 93.1. The Morgan fingerprint density at radius 3 is 0.485 bits per heavy atom. The molecule has 6 aliphatic rings. The van der Waals surface area contributed by atoms with Gasteiger partial charge in [0.1, 0.15) is 16.6 Å². The number of aliphatic carboxylic acids is 9. The van der Waals surface area contributed by atoms with E-state index < -0.39 is 327 Å². The van der Waals surface area contributed by atoms with E-state index in [9.17, 15) is 97.3 Å². The molecule has 9 rings (SSSR count). The molecule has 3 aromatic carbocycles. The van der Waals surface area contributed by atoms with Crippen molar-refractivity contribution in [3.63, 3.8) is 0 Å². The summed E-state index contributed by atoms with van der Waals surface area (Å²) in [5.74, 6) is -20.8. The predicted molar refractivity (Wildman–Crippen MR) is 506 cm³/mol. The van der Waals surface area contributed by atoms with E-state index in [2.05, 4.69) is 16.0 Å². The van der Waals surface area contributed by atoms with Gasteiger partial charge in [-0.2, -0.15) is 0 Å². The van der Waals surface area contributed by atoms with Crippen LogP contribution in [0.25, 0.3) is 0 Å². The van der Waals surface area contributed by atoms with Crippen LogP contribution >= 0.6 is 141 Å². The maximum atomic E-state index is 16.2. The number of benzene rings is 3. The summed E-state index contributed by atoms with van der Waals surface area (Å²) in [6.45, 7) is -0.441. The van der Waals surface area contributed by atoms with Crippen molar-refractivity contribution in [2.24, 2.45) is 0 Å². The van der Waals surface area contributed by atoms with E-state index in [4.69, 9.17) is 56.8 Å². The Hall–Kier alpha value is -6.45. The third-order valence-electron chi connectivity index (χ3n) is 18.9. The lowest BCUT2D eigenvalue weighted by molar-refractivity contribution is -0.142. The van der Waals surface area contributed by atoms with Gasteiger partial charge in [0.05, 0.1) is 232 Å². The molecule has 0 spiro atoms. The van der Waals surface area contributed by atoms with Crippen molar-refractivity contribution in [3.05, 3.63) is 39.3 Å². The van der Waals surface area contributed by atoms with Crippen LogP contribution in [0.4, 0.5) is 0 Å². The predicted octanol–water partition coefficient (Wildman–Crippen LogP) is 11.8. The molecule has 3 aromatic rings. The molecule has 0 aromatic heterocycles. The molecule has 1 radical (unpaired) electrons. The second kappa shape index (κ2) is 49.0. The number of carbonyl (C=O) groups is 15. The highest BCUT2D eigenvalue weighted by atomic mass is 32.2. The van der Waals surface area contributed by atoms with Gasteiger partial charge in [-0.25, -0.2) is 14.4 Å². The Morgan fingerprint density at radius 1 is 0.235 bits per heavy atom. The summed E-state index contributed by atoms with van der Waals surface area (Å²) in [5.41, 5.74) is -5.92. The van der Waals surface area contributed by atoms with Gasteiger partial charge in [-0.3, -0.25) is 57.5 Å². The van der Waals surface area contributed by atoms with Crippen molar-refractivity contribution >= 4 is 230 Å². The van der Waals surface area contributed by atoms with E-state index in [0.29, 0.717) is 52.0 Å². The number of carboxylic acids is 9. The number of hydrogen-bond acceptors (Lipinski definition) is 39. The van der Waals surface area contributed by atoms with Gasteiger partial charge in [-0.05, 0) is 99.8 Å².